The van der Waals surface area contributed by atoms with E-state index in [1.807, 2.05) is 0 Å². The van der Waals surface area contributed by atoms with Crippen molar-refractivity contribution in [3.05, 3.63) is 0 Å². The van der Waals surface area contributed by atoms with Crippen molar-refractivity contribution in [3.63, 3.8) is 0 Å². The molecule has 0 amide bonds. The van der Waals surface area contributed by atoms with Crippen LogP contribution in [0.25, 0.3) is 0 Å². The molecule has 0 aromatic carbocycles. The maximum atomic E-state index is 5.37. The van der Waals surface area contributed by atoms with E-state index in [4.69, 9.17) is 5.84 Å². The number of nitrogens with two attached hydrogens (primary N) is 1. The van der Waals surface area contributed by atoms with Gasteiger partial charge in [0, 0.05) is 6.04 Å². The molecule has 1 saturated carbocycles. The number of guanidine groups is 1. The number of hydrogen-bond donors (Lipinski definition) is 3. The van der Waals surface area contributed by atoms with Gasteiger partial charge in [-0.1, -0.05) is 13.3 Å². The standard InChI is InChI=1S/C10H22N4/c1-4-5-8-6-9(8)13-10(14-11)12-7(2)3/h7-9H,4-6,11H2,1-3H3,(H2,12,13,14). The molecule has 2 atom stereocenters. The van der Waals surface area contributed by atoms with E-state index in [0.29, 0.717) is 12.1 Å². The summed E-state index contributed by atoms with van der Waals surface area (Å²) in [6.07, 6.45) is 3.76. The van der Waals surface area contributed by atoms with Crippen LogP contribution in [0.4, 0.5) is 0 Å². The summed E-state index contributed by atoms with van der Waals surface area (Å²) >= 11 is 0. The molecule has 0 aromatic heterocycles. The van der Waals surface area contributed by atoms with Crippen LogP contribution in [0.1, 0.15) is 40.0 Å². The minimum Gasteiger partial charge on any atom is -0.353 e. The third-order valence-corrected chi connectivity index (χ3v) is 2.40. The number of aliphatic imine (C=N–C) groups is 1. The molecule has 1 rings (SSSR count). The van der Waals surface area contributed by atoms with Crippen LogP contribution in [0.3, 0.4) is 0 Å². The van der Waals surface area contributed by atoms with Crippen molar-refractivity contribution >= 4 is 5.96 Å². The van der Waals surface area contributed by atoms with E-state index in [-0.39, 0.29) is 0 Å². The average Bonchev–Trinajstić information content (AvgIpc) is 2.82. The van der Waals surface area contributed by atoms with E-state index < -0.39 is 0 Å². The zero-order valence-corrected chi connectivity index (χ0v) is 9.38. The largest absolute Gasteiger partial charge is 0.353 e. The van der Waals surface area contributed by atoms with Gasteiger partial charge in [0.25, 0.3) is 0 Å². The summed E-state index contributed by atoms with van der Waals surface area (Å²) in [5.74, 6) is 6.89. The van der Waals surface area contributed by atoms with Crippen LogP contribution < -0.4 is 16.6 Å². The Kier molecular flexibility index (Phi) is 4.20. The molecule has 82 valence electrons. The third kappa shape index (κ3) is 3.54. The van der Waals surface area contributed by atoms with Crippen molar-refractivity contribution in [3.8, 4) is 0 Å². The van der Waals surface area contributed by atoms with Crippen molar-refractivity contribution in [2.24, 2.45) is 16.8 Å². The van der Waals surface area contributed by atoms with Crippen LogP contribution in [0.5, 0.6) is 0 Å². The van der Waals surface area contributed by atoms with Gasteiger partial charge in [0.15, 0.2) is 0 Å². The molecule has 0 radical (unpaired) electrons. The van der Waals surface area contributed by atoms with Gasteiger partial charge in [0.05, 0.1) is 6.04 Å². The predicted octanol–water partition coefficient (Wildman–Crippen LogP) is 0.992. The zero-order valence-electron chi connectivity index (χ0n) is 9.38. The fourth-order valence-electron chi connectivity index (χ4n) is 1.63. The van der Waals surface area contributed by atoms with Crippen LogP contribution in [0.2, 0.25) is 0 Å². The summed E-state index contributed by atoms with van der Waals surface area (Å²) in [6.45, 7) is 6.36. The molecule has 4 heteroatoms. The molecule has 1 fully saturated rings. The average molecular weight is 198 g/mol. The van der Waals surface area contributed by atoms with Gasteiger partial charge in [-0.2, -0.15) is 0 Å². The summed E-state index contributed by atoms with van der Waals surface area (Å²) in [5, 5.41) is 3.18. The van der Waals surface area contributed by atoms with Gasteiger partial charge >= 0.3 is 0 Å². The van der Waals surface area contributed by atoms with Gasteiger partial charge in [-0.3, -0.25) is 5.43 Å². The van der Waals surface area contributed by atoms with Crippen LogP contribution >= 0.6 is 0 Å². The summed E-state index contributed by atoms with van der Waals surface area (Å²) in [7, 11) is 0. The highest BCUT2D eigenvalue weighted by atomic mass is 15.3. The highest BCUT2D eigenvalue weighted by Crippen LogP contribution is 2.37. The van der Waals surface area contributed by atoms with Crippen molar-refractivity contribution in [2.45, 2.75) is 52.1 Å². The van der Waals surface area contributed by atoms with Crippen LogP contribution in [-0.2, 0) is 0 Å². The molecular weight excluding hydrogens is 176 g/mol. The topological polar surface area (TPSA) is 62.4 Å². The van der Waals surface area contributed by atoms with E-state index >= 15 is 0 Å². The van der Waals surface area contributed by atoms with Gasteiger partial charge < -0.3 is 5.32 Å². The zero-order chi connectivity index (χ0) is 10.6. The second-order valence-electron chi connectivity index (χ2n) is 4.27. The highest BCUT2D eigenvalue weighted by molar-refractivity contribution is 5.79. The normalized spacial score (nSPS) is 26.5. The first-order chi connectivity index (χ1) is 6.67. The molecule has 1 aliphatic rings. The Balaban J connectivity index is 2.34. The Bertz CT molecular complexity index is 200. The lowest BCUT2D eigenvalue weighted by molar-refractivity contribution is 0.669. The molecular formula is C10H22N4. The molecule has 0 saturated heterocycles. The van der Waals surface area contributed by atoms with E-state index in [2.05, 4.69) is 36.5 Å². The Morgan fingerprint density at radius 2 is 2.29 bits per heavy atom. The quantitative estimate of drug-likeness (QED) is 0.273. The summed E-state index contributed by atoms with van der Waals surface area (Å²) in [5.41, 5.74) is 2.61. The first-order valence-electron chi connectivity index (χ1n) is 5.48. The number of rotatable bonds is 4. The Morgan fingerprint density at radius 1 is 1.57 bits per heavy atom. The minimum absolute atomic E-state index is 0.369. The van der Waals surface area contributed by atoms with Crippen molar-refractivity contribution < 1.29 is 0 Å². The third-order valence-electron chi connectivity index (χ3n) is 2.40. The smallest absolute Gasteiger partial charge is 0.206 e. The van der Waals surface area contributed by atoms with Crippen molar-refractivity contribution in [2.75, 3.05) is 0 Å². The van der Waals surface area contributed by atoms with Gasteiger partial charge in [-0.25, -0.2) is 10.8 Å². The Hall–Kier alpha value is -0.770. The monoisotopic (exact) mass is 198 g/mol. The van der Waals surface area contributed by atoms with E-state index in [9.17, 15) is 0 Å². The number of hydrazine groups is 1. The van der Waals surface area contributed by atoms with Crippen LogP contribution in [0.15, 0.2) is 4.99 Å². The molecule has 1 aliphatic carbocycles. The second kappa shape index (κ2) is 5.20. The van der Waals surface area contributed by atoms with Crippen molar-refractivity contribution in [1.82, 2.24) is 10.7 Å². The van der Waals surface area contributed by atoms with E-state index in [0.717, 1.165) is 11.9 Å². The lowest BCUT2D eigenvalue weighted by Crippen LogP contribution is -2.44. The Morgan fingerprint density at radius 3 is 2.79 bits per heavy atom. The summed E-state index contributed by atoms with van der Waals surface area (Å²) in [6, 6.07) is 0.862. The van der Waals surface area contributed by atoms with Gasteiger partial charge in [0.2, 0.25) is 5.96 Å². The number of hydrogen-bond acceptors (Lipinski definition) is 2. The van der Waals surface area contributed by atoms with Crippen LogP contribution in [-0.4, -0.2) is 18.0 Å². The maximum absolute atomic E-state index is 5.37. The minimum atomic E-state index is 0.369. The van der Waals surface area contributed by atoms with Gasteiger partial charge in [-0.15, -0.1) is 0 Å². The van der Waals surface area contributed by atoms with Crippen LogP contribution in [0, 0.1) is 5.92 Å². The number of nitrogens with one attached hydrogen (secondary N) is 2. The summed E-state index contributed by atoms with van der Waals surface area (Å²) in [4.78, 5) is 4.52. The molecule has 0 spiro atoms. The molecule has 0 aromatic rings. The first kappa shape index (κ1) is 11.3. The second-order valence-corrected chi connectivity index (χ2v) is 4.27. The fourth-order valence-corrected chi connectivity index (χ4v) is 1.63. The molecule has 0 heterocycles. The lowest BCUT2D eigenvalue weighted by Gasteiger charge is -2.11. The molecule has 4 N–H and O–H groups in total. The highest BCUT2D eigenvalue weighted by Gasteiger charge is 2.36. The Labute approximate surface area is 86.3 Å². The lowest BCUT2D eigenvalue weighted by atomic mass is 10.2. The van der Waals surface area contributed by atoms with Gasteiger partial charge in [0.1, 0.15) is 0 Å². The van der Waals surface area contributed by atoms with Gasteiger partial charge in [-0.05, 0) is 32.6 Å². The maximum Gasteiger partial charge on any atom is 0.206 e. The fraction of sp³-hybridized carbons (Fsp3) is 0.900. The molecule has 14 heavy (non-hydrogen) atoms. The van der Waals surface area contributed by atoms with E-state index in [1.54, 1.807) is 0 Å². The molecule has 0 bridgehead atoms. The SMILES string of the molecule is CCCC1CC1N=C(NN)NC(C)C. The van der Waals surface area contributed by atoms with Crippen molar-refractivity contribution in [1.29, 1.82) is 0 Å². The molecule has 0 aliphatic heterocycles. The molecule has 4 nitrogen and oxygen atoms in total. The predicted molar refractivity (Wildman–Crippen MR) is 59.8 cm³/mol. The summed E-state index contributed by atoms with van der Waals surface area (Å²) < 4.78 is 0. The van der Waals surface area contributed by atoms with E-state index in [1.165, 1.54) is 19.3 Å². The molecule has 2 unspecified atom stereocenters. The number of nitrogens with zero attached hydrogens (tertiary/aromatic N) is 1. The first-order valence-corrected chi connectivity index (χ1v) is 5.48.